The highest BCUT2D eigenvalue weighted by Crippen LogP contribution is 2.31. The molecule has 3 rings (SSSR count). The molecule has 0 aliphatic rings. The smallest absolute Gasteiger partial charge is 0.442 e. The normalized spacial score (nSPS) is 13.6. The lowest BCUT2D eigenvalue weighted by Crippen LogP contribution is -2.21. The molecule has 0 spiro atoms. The van der Waals surface area contributed by atoms with Gasteiger partial charge in [-0.25, -0.2) is 14.0 Å². The molecule has 0 aliphatic heterocycles. The number of aromatic nitrogens is 2. The summed E-state index contributed by atoms with van der Waals surface area (Å²) < 4.78 is 21.1. The number of nitrogens with zero attached hydrogens (tertiary/aromatic N) is 3. The Morgan fingerprint density at radius 3 is 2.69 bits per heavy atom. The van der Waals surface area contributed by atoms with Crippen LogP contribution in [0.25, 0.3) is 10.4 Å². The minimum Gasteiger partial charge on any atom is -0.448 e. The number of carbonyl (C=O) groups excluding carboxylic acids is 1. The molecule has 0 aliphatic carbocycles. The summed E-state index contributed by atoms with van der Waals surface area (Å²) >= 11 is 1.57. The molecular weight excluding hydrogens is 450 g/mol. The van der Waals surface area contributed by atoms with Crippen molar-refractivity contribution in [3.8, 4) is 10.4 Å². The van der Waals surface area contributed by atoms with Gasteiger partial charge in [-0.05, 0) is 49.6 Å². The second kappa shape index (κ2) is 10.5. The highest BCUT2D eigenvalue weighted by atomic mass is 32.2. The van der Waals surface area contributed by atoms with E-state index in [1.165, 1.54) is 6.26 Å². The van der Waals surface area contributed by atoms with Gasteiger partial charge in [-0.3, -0.25) is 0 Å². The molecule has 2 atom stereocenters. The van der Waals surface area contributed by atoms with Gasteiger partial charge in [0.05, 0.1) is 28.5 Å². The number of aliphatic hydroxyl groups excluding tert-OH is 1. The monoisotopic (exact) mass is 475 g/mol. The summed E-state index contributed by atoms with van der Waals surface area (Å²) in [6.45, 7) is 3.65. The van der Waals surface area contributed by atoms with Crippen LogP contribution < -0.4 is 10.6 Å². The van der Waals surface area contributed by atoms with E-state index in [-0.39, 0.29) is 19.3 Å². The molecule has 11 heteroatoms. The Balaban J connectivity index is 1.83. The van der Waals surface area contributed by atoms with E-state index in [9.17, 15) is 14.1 Å². The fourth-order valence-corrected chi connectivity index (χ4v) is 4.53. The van der Waals surface area contributed by atoms with E-state index in [1.807, 2.05) is 24.4 Å². The van der Waals surface area contributed by atoms with E-state index in [2.05, 4.69) is 25.0 Å². The van der Waals surface area contributed by atoms with E-state index < -0.39 is 15.8 Å². The molecule has 2 heterocycles. The summed E-state index contributed by atoms with van der Waals surface area (Å²) in [5.74, 6) is 0.965. The third kappa shape index (κ3) is 6.02. The van der Waals surface area contributed by atoms with Crippen molar-refractivity contribution in [3.63, 3.8) is 0 Å². The molecule has 0 saturated heterocycles. The summed E-state index contributed by atoms with van der Waals surface area (Å²) in [4.78, 5) is 22.0. The van der Waals surface area contributed by atoms with Gasteiger partial charge in [0.2, 0.25) is 5.95 Å². The molecule has 0 fully saturated rings. The van der Waals surface area contributed by atoms with Crippen LogP contribution in [-0.2, 0) is 14.5 Å². The average Bonchev–Trinajstić information content (AvgIpc) is 3.28. The van der Waals surface area contributed by atoms with Gasteiger partial charge >= 0.3 is 6.09 Å². The predicted octanol–water partition coefficient (Wildman–Crippen LogP) is 4.35. The number of benzene rings is 1. The second-order valence-electron chi connectivity index (χ2n) is 6.90. The van der Waals surface area contributed by atoms with Crippen molar-refractivity contribution in [1.29, 1.82) is 0 Å². The zero-order valence-electron chi connectivity index (χ0n) is 17.9. The highest BCUT2D eigenvalue weighted by molar-refractivity contribution is 7.93. The molecule has 2 aromatic heterocycles. The lowest BCUT2D eigenvalue weighted by Gasteiger charge is -2.16. The van der Waals surface area contributed by atoms with Gasteiger partial charge in [-0.15, -0.1) is 15.7 Å². The van der Waals surface area contributed by atoms with Crippen molar-refractivity contribution >= 4 is 44.6 Å². The van der Waals surface area contributed by atoms with E-state index in [1.54, 1.807) is 48.7 Å². The van der Waals surface area contributed by atoms with Gasteiger partial charge < -0.3 is 20.5 Å². The maximum atomic E-state index is 12.7. The van der Waals surface area contributed by atoms with Crippen molar-refractivity contribution in [3.05, 3.63) is 48.0 Å². The molecular formula is C21H25N5O4S2. The molecule has 170 valence electrons. The van der Waals surface area contributed by atoms with Gasteiger partial charge in [0.15, 0.2) is 0 Å². The van der Waals surface area contributed by atoms with Crippen LogP contribution in [0.5, 0.6) is 0 Å². The van der Waals surface area contributed by atoms with Gasteiger partial charge in [0.1, 0.15) is 5.82 Å². The number of hydrogen-bond donors (Lipinski definition) is 3. The number of thiophene rings is 1. The van der Waals surface area contributed by atoms with Crippen LogP contribution >= 0.6 is 11.3 Å². The Bertz CT molecular complexity index is 1170. The highest BCUT2D eigenvalue weighted by Gasteiger charge is 2.14. The molecule has 3 N–H and O–H groups in total. The van der Waals surface area contributed by atoms with E-state index in [0.29, 0.717) is 22.3 Å². The number of nitrogens with one attached hydrogen (secondary N) is 2. The topological polar surface area (TPSA) is 126 Å². The molecule has 1 aromatic carbocycles. The Morgan fingerprint density at radius 1 is 1.31 bits per heavy atom. The van der Waals surface area contributed by atoms with Gasteiger partial charge in [0, 0.05) is 34.0 Å². The molecule has 0 bridgehead atoms. The Morgan fingerprint density at radius 2 is 2.06 bits per heavy atom. The first kappa shape index (κ1) is 23.6. The van der Waals surface area contributed by atoms with Crippen LogP contribution in [-0.4, -0.2) is 50.9 Å². The molecule has 3 aromatic rings. The molecule has 32 heavy (non-hydrogen) atoms. The van der Waals surface area contributed by atoms with Crippen LogP contribution in [0.1, 0.15) is 13.8 Å². The predicted molar refractivity (Wildman–Crippen MR) is 127 cm³/mol. The van der Waals surface area contributed by atoms with Crippen LogP contribution in [0, 0.1) is 0 Å². The van der Waals surface area contributed by atoms with Crippen LogP contribution in [0.2, 0.25) is 0 Å². The standard InChI is InChI=1S/C21H25N5O4S2/c1-4-30-21(28)26-32(3,29)16-9-7-15(8-10-16)24-20-22-12-17(18-6-5-11-31-18)19(25-20)23-14(2)13-27/h5-12,14,27H,4,13H2,1-3H3,(H2,22,23,24,25)/t14-,32+/m1/s1. The summed E-state index contributed by atoms with van der Waals surface area (Å²) in [6.07, 6.45) is 2.26. The number of hydrogen-bond acceptors (Lipinski definition) is 9. The molecule has 0 radical (unpaired) electrons. The zero-order chi connectivity index (χ0) is 23.1. The van der Waals surface area contributed by atoms with Crippen molar-refractivity contribution in [2.75, 3.05) is 30.1 Å². The number of amides is 1. The first-order valence-corrected chi connectivity index (χ1v) is 12.7. The molecule has 9 nitrogen and oxygen atoms in total. The van der Waals surface area contributed by atoms with Crippen LogP contribution in [0.3, 0.4) is 0 Å². The molecule has 0 unspecified atom stereocenters. The first-order chi connectivity index (χ1) is 15.3. The fourth-order valence-electron chi connectivity index (χ4n) is 2.71. The molecule has 0 saturated carbocycles. The average molecular weight is 476 g/mol. The Labute approximate surface area is 191 Å². The van der Waals surface area contributed by atoms with Crippen molar-refractivity contribution < 1.29 is 18.8 Å². The SMILES string of the molecule is CCOC(=O)N=[S@@](C)(=O)c1ccc(Nc2ncc(-c3cccs3)c(N[C@H](C)CO)n2)cc1. The maximum absolute atomic E-state index is 12.7. The third-order valence-electron chi connectivity index (χ3n) is 4.30. The lowest BCUT2D eigenvalue weighted by molar-refractivity contribution is 0.164. The first-order valence-electron chi connectivity index (χ1n) is 9.86. The minimum atomic E-state index is -2.92. The van der Waals surface area contributed by atoms with Gasteiger partial charge in [-0.2, -0.15) is 4.98 Å². The number of ether oxygens (including phenoxy) is 1. The molecule has 1 amide bonds. The quantitative estimate of drug-likeness (QED) is 0.439. The van der Waals surface area contributed by atoms with Gasteiger partial charge in [0.25, 0.3) is 0 Å². The Kier molecular flexibility index (Phi) is 7.78. The van der Waals surface area contributed by atoms with Crippen molar-refractivity contribution in [2.45, 2.75) is 24.8 Å². The third-order valence-corrected chi connectivity index (χ3v) is 6.84. The summed E-state index contributed by atoms with van der Waals surface area (Å²) in [5.41, 5.74) is 1.51. The zero-order valence-corrected chi connectivity index (χ0v) is 19.6. The van der Waals surface area contributed by atoms with E-state index >= 15 is 0 Å². The van der Waals surface area contributed by atoms with Crippen molar-refractivity contribution in [2.24, 2.45) is 4.36 Å². The number of rotatable bonds is 8. The Hall–Kier alpha value is -3.02. The van der Waals surface area contributed by atoms with Crippen LogP contribution in [0.4, 0.5) is 22.2 Å². The largest absolute Gasteiger partial charge is 0.448 e. The summed E-state index contributed by atoms with van der Waals surface area (Å²) in [7, 11) is -2.92. The number of carbonyl (C=O) groups is 1. The van der Waals surface area contributed by atoms with E-state index in [4.69, 9.17) is 4.74 Å². The van der Waals surface area contributed by atoms with Crippen molar-refractivity contribution in [1.82, 2.24) is 9.97 Å². The lowest BCUT2D eigenvalue weighted by atomic mass is 10.2. The fraction of sp³-hybridized carbons (Fsp3) is 0.286. The summed E-state index contributed by atoms with van der Waals surface area (Å²) in [6, 6.07) is 10.4. The maximum Gasteiger partial charge on any atom is 0.442 e. The van der Waals surface area contributed by atoms with Crippen LogP contribution in [0.15, 0.2) is 57.2 Å². The number of anilines is 3. The van der Waals surface area contributed by atoms with Gasteiger partial charge in [-0.1, -0.05) is 6.07 Å². The summed E-state index contributed by atoms with van der Waals surface area (Å²) in [5, 5.41) is 17.7. The minimum absolute atomic E-state index is 0.0365. The number of aliphatic hydroxyl groups is 1. The van der Waals surface area contributed by atoms with E-state index in [0.717, 1.165) is 10.4 Å². The second-order valence-corrected chi connectivity index (χ2v) is 10.1.